The number of halogens is 3. The Morgan fingerprint density at radius 3 is 2.18 bits per heavy atom. The van der Waals surface area contributed by atoms with Crippen molar-refractivity contribution in [2.45, 2.75) is 6.10 Å². The molecule has 0 saturated heterocycles. The first-order chi connectivity index (χ1) is 8.08. The lowest BCUT2D eigenvalue weighted by Gasteiger charge is -2.12. The smallest absolute Gasteiger partial charge is 0.104 e. The van der Waals surface area contributed by atoms with Crippen molar-refractivity contribution in [1.82, 2.24) is 0 Å². The van der Waals surface area contributed by atoms with Crippen LogP contribution in [0.1, 0.15) is 17.2 Å². The predicted molar refractivity (Wildman–Crippen MR) is 72.0 cm³/mol. The molecular formula is C13H9Cl3O. The molecule has 0 heterocycles. The van der Waals surface area contributed by atoms with Gasteiger partial charge in [0.15, 0.2) is 0 Å². The van der Waals surface area contributed by atoms with Gasteiger partial charge in [-0.25, -0.2) is 0 Å². The molecule has 0 bridgehead atoms. The van der Waals surface area contributed by atoms with Crippen molar-refractivity contribution >= 4 is 34.8 Å². The molecule has 0 aliphatic heterocycles. The molecule has 1 N–H and O–H groups in total. The van der Waals surface area contributed by atoms with Crippen LogP contribution in [0.5, 0.6) is 0 Å². The fourth-order valence-electron chi connectivity index (χ4n) is 1.55. The van der Waals surface area contributed by atoms with Gasteiger partial charge in [-0.1, -0.05) is 53.0 Å². The Morgan fingerprint density at radius 2 is 1.53 bits per heavy atom. The maximum atomic E-state index is 10.2. The summed E-state index contributed by atoms with van der Waals surface area (Å²) in [5.74, 6) is 0. The zero-order chi connectivity index (χ0) is 12.4. The van der Waals surface area contributed by atoms with Crippen LogP contribution in [0.2, 0.25) is 15.1 Å². The summed E-state index contributed by atoms with van der Waals surface area (Å²) in [6, 6.07) is 12.1. The van der Waals surface area contributed by atoms with Crippen LogP contribution in [-0.4, -0.2) is 5.11 Å². The fourth-order valence-corrected chi connectivity index (χ4v) is 2.06. The number of benzene rings is 2. The molecule has 2 aromatic carbocycles. The summed E-state index contributed by atoms with van der Waals surface area (Å²) in [6.45, 7) is 0. The highest BCUT2D eigenvalue weighted by Crippen LogP contribution is 2.29. The standard InChI is InChI=1S/C13H9Cl3O/c14-10-3-1-2-8(6-10)13(17)9-4-5-11(15)12(16)7-9/h1-7,13,17H. The summed E-state index contributed by atoms with van der Waals surface area (Å²) in [6.07, 6.45) is -0.761. The van der Waals surface area contributed by atoms with Crippen LogP contribution < -0.4 is 0 Å². The molecule has 0 amide bonds. The molecule has 1 unspecified atom stereocenters. The second-order valence-electron chi connectivity index (χ2n) is 3.63. The third-order valence-electron chi connectivity index (χ3n) is 2.42. The molecule has 2 aromatic rings. The largest absolute Gasteiger partial charge is 0.384 e. The van der Waals surface area contributed by atoms with E-state index in [4.69, 9.17) is 34.8 Å². The van der Waals surface area contributed by atoms with Crippen molar-refractivity contribution in [3.05, 3.63) is 68.7 Å². The summed E-state index contributed by atoms with van der Waals surface area (Å²) >= 11 is 17.6. The first-order valence-corrected chi connectivity index (χ1v) is 6.10. The van der Waals surface area contributed by atoms with E-state index in [1.807, 2.05) is 0 Å². The first kappa shape index (κ1) is 12.7. The molecule has 88 valence electrons. The van der Waals surface area contributed by atoms with Gasteiger partial charge in [0, 0.05) is 5.02 Å². The molecule has 4 heteroatoms. The maximum absolute atomic E-state index is 10.2. The summed E-state index contributed by atoms with van der Waals surface area (Å²) in [5.41, 5.74) is 1.40. The average Bonchev–Trinajstić information content (AvgIpc) is 2.32. The molecule has 17 heavy (non-hydrogen) atoms. The average molecular weight is 288 g/mol. The van der Waals surface area contributed by atoms with Crippen LogP contribution in [0, 0.1) is 0 Å². The van der Waals surface area contributed by atoms with Gasteiger partial charge in [0.2, 0.25) is 0 Å². The van der Waals surface area contributed by atoms with Gasteiger partial charge in [-0.3, -0.25) is 0 Å². The zero-order valence-electron chi connectivity index (χ0n) is 8.70. The Labute approximate surface area is 115 Å². The molecule has 0 aliphatic carbocycles. The van der Waals surface area contributed by atoms with Crippen molar-refractivity contribution in [2.24, 2.45) is 0 Å². The molecule has 1 nitrogen and oxygen atoms in total. The van der Waals surface area contributed by atoms with E-state index in [0.29, 0.717) is 20.6 Å². The second kappa shape index (κ2) is 5.28. The lowest BCUT2D eigenvalue weighted by atomic mass is 10.0. The number of hydrogen-bond acceptors (Lipinski definition) is 1. The van der Waals surface area contributed by atoms with Crippen LogP contribution in [0.4, 0.5) is 0 Å². The maximum Gasteiger partial charge on any atom is 0.104 e. The highest BCUT2D eigenvalue weighted by molar-refractivity contribution is 6.42. The van der Waals surface area contributed by atoms with Gasteiger partial charge < -0.3 is 5.11 Å². The number of rotatable bonds is 2. The second-order valence-corrected chi connectivity index (χ2v) is 4.88. The van der Waals surface area contributed by atoms with Gasteiger partial charge >= 0.3 is 0 Å². The van der Waals surface area contributed by atoms with E-state index in [0.717, 1.165) is 5.56 Å². The predicted octanol–water partition coefficient (Wildman–Crippen LogP) is 4.73. The molecule has 2 rings (SSSR count). The molecule has 0 radical (unpaired) electrons. The number of aliphatic hydroxyl groups is 1. The van der Waals surface area contributed by atoms with Gasteiger partial charge in [-0.15, -0.1) is 0 Å². The minimum absolute atomic E-state index is 0.422. The Balaban J connectivity index is 2.36. The molecular weight excluding hydrogens is 279 g/mol. The third kappa shape index (κ3) is 2.93. The summed E-state index contributed by atoms with van der Waals surface area (Å²) in [7, 11) is 0. The van der Waals surface area contributed by atoms with Crippen LogP contribution in [0.3, 0.4) is 0 Å². The van der Waals surface area contributed by atoms with Crippen molar-refractivity contribution in [1.29, 1.82) is 0 Å². The van der Waals surface area contributed by atoms with Crippen molar-refractivity contribution < 1.29 is 5.11 Å². The van der Waals surface area contributed by atoms with Gasteiger partial charge in [0.05, 0.1) is 10.0 Å². The quantitative estimate of drug-likeness (QED) is 0.846. The summed E-state index contributed by atoms with van der Waals surface area (Å²) in [4.78, 5) is 0. The molecule has 0 aliphatic rings. The Bertz CT molecular complexity index is 540. The Kier molecular flexibility index (Phi) is 3.95. The van der Waals surface area contributed by atoms with Gasteiger partial charge in [-0.2, -0.15) is 0 Å². The van der Waals surface area contributed by atoms with E-state index >= 15 is 0 Å². The first-order valence-electron chi connectivity index (χ1n) is 4.96. The van der Waals surface area contributed by atoms with Gasteiger partial charge in [-0.05, 0) is 35.4 Å². The van der Waals surface area contributed by atoms with E-state index in [9.17, 15) is 5.11 Å². The number of hydrogen-bond donors (Lipinski definition) is 1. The fraction of sp³-hybridized carbons (Fsp3) is 0.0769. The lowest BCUT2D eigenvalue weighted by molar-refractivity contribution is 0.220. The summed E-state index contributed by atoms with van der Waals surface area (Å²) < 4.78 is 0. The lowest BCUT2D eigenvalue weighted by Crippen LogP contribution is -1.99. The van der Waals surface area contributed by atoms with Gasteiger partial charge in [0.1, 0.15) is 6.10 Å². The molecule has 0 saturated carbocycles. The van der Waals surface area contributed by atoms with Crippen LogP contribution >= 0.6 is 34.8 Å². The SMILES string of the molecule is OC(c1cccc(Cl)c1)c1ccc(Cl)c(Cl)c1. The highest BCUT2D eigenvalue weighted by atomic mass is 35.5. The van der Waals surface area contributed by atoms with Crippen LogP contribution in [0.25, 0.3) is 0 Å². The molecule has 0 fully saturated rings. The van der Waals surface area contributed by atoms with E-state index in [1.54, 1.807) is 42.5 Å². The molecule has 0 spiro atoms. The van der Waals surface area contributed by atoms with E-state index in [2.05, 4.69) is 0 Å². The molecule has 0 aromatic heterocycles. The third-order valence-corrected chi connectivity index (χ3v) is 3.40. The molecule has 1 atom stereocenters. The van der Waals surface area contributed by atoms with E-state index < -0.39 is 6.10 Å². The van der Waals surface area contributed by atoms with Crippen molar-refractivity contribution in [2.75, 3.05) is 0 Å². The van der Waals surface area contributed by atoms with Crippen molar-refractivity contribution in [3.63, 3.8) is 0 Å². The van der Waals surface area contributed by atoms with Crippen LogP contribution in [0.15, 0.2) is 42.5 Å². The zero-order valence-corrected chi connectivity index (χ0v) is 11.0. The highest BCUT2D eigenvalue weighted by Gasteiger charge is 2.12. The minimum Gasteiger partial charge on any atom is -0.384 e. The minimum atomic E-state index is -0.761. The van der Waals surface area contributed by atoms with Gasteiger partial charge in [0.25, 0.3) is 0 Å². The monoisotopic (exact) mass is 286 g/mol. The topological polar surface area (TPSA) is 20.2 Å². The van der Waals surface area contributed by atoms with E-state index in [-0.39, 0.29) is 0 Å². The number of aliphatic hydroxyl groups excluding tert-OH is 1. The normalized spacial score (nSPS) is 12.5. The summed E-state index contributed by atoms with van der Waals surface area (Å²) in [5, 5.41) is 11.6. The van der Waals surface area contributed by atoms with Crippen LogP contribution in [-0.2, 0) is 0 Å². The Hall–Kier alpha value is -0.730. The van der Waals surface area contributed by atoms with E-state index in [1.165, 1.54) is 0 Å². The Morgan fingerprint density at radius 1 is 0.824 bits per heavy atom. The van der Waals surface area contributed by atoms with Crippen molar-refractivity contribution in [3.8, 4) is 0 Å².